The Bertz CT molecular complexity index is 599. The zero-order valence-electron chi connectivity index (χ0n) is 10.4. The number of hydrogen-bond donors (Lipinski definition) is 3. The van der Waals surface area contributed by atoms with Crippen molar-refractivity contribution in [3.05, 3.63) is 57.9 Å². The fourth-order valence-electron chi connectivity index (χ4n) is 1.46. The van der Waals surface area contributed by atoms with Crippen molar-refractivity contribution in [3.8, 4) is 0 Å². The Balaban J connectivity index is 1.86. The zero-order valence-corrected chi connectivity index (χ0v) is 10.4. The van der Waals surface area contributed by atoms with Crippen LogP contribution in [0.2, 0.25) is 0 Å². The second-order valence-electron chi connectivity index (χ2n) is 4.10. The molecular weight excluding hydrogens is 244 g/mol. The van der Waals surface area contributed by atoms with E-state index in [2.05, 4.69) is 20.8 Å². The highest BCUT2D eigenvalue weighted by molar-refractivity contribution is 5.87. The summed E-state index contributed by atoms with van der Waals surface area (Å²) in [4.78, 5) is 22.4. The monoisotopic (exact) mass is 258 g/mol. The maximum atomic E-state index is 11.6. The number of aromatic nitrogens is 2. The van der Waals surface area contributed by atoms with E-state index in [4.69, 9.17) is 0 Å². The minimum Gasteiger partial charge on any atom is -0.334 e. The molecule has 1 heterocycles. The van der Waals surface area contributed by atoms with Crippen LogP contribution < -0.4 is 16.2 Å². The quantitative estimate of drug-likeness (QED) is 0.777. The van der Waals surface area contributed by atoms with Crippen molar-refractivity contribution in [2.45, 2.75) is 13.5 Å². The summed E-state index contributed by atoms with van der Waals surface area (Å²) in [6.07, 6.45) is 0. The van der Waals surface area contributed by atoms with Gasteiger partial charge in [0.1, 0.15) is 0 Å². The van der Waals surface area contributed by atoms with Gasteiger partial charge < -0.3 is 5.32 Å². The predicted octanol–water partition coefficient (Wildman–Crippen LogP) is 1.40. The van der Waals surface area contributed by atoms with Crippen molar-refractivity contribution in [1.82, 2.24) is 15.5 Å². The summed E-state index contributed by atoms with van der Waals surface area (Å²) < 4.78 is 0. The average Bonchev–Trinajstić information content (AvgIpc) is 2.41. The van der Waals surface area contributed by atoms with Gasteiger partial charge in [0.25, 0.3) is 5.56 Å². The normalized spacial score (nSPS) is 9.95. The number of amides is 2. The Kier molecular flexibility index (Phi) is 3.92. The third kappa shape index (κ3) is 3.95. The maximum Gasteiger partial charge on any atom is 0.320 e. The SMILES string of the molecule is Cc1ccc(CNC(=O)Nc2ccc(=O)[nH]n2)cc1. The van der Waals surface area contributed by atoms with Crippen molar-refractivity contribution >= 4 is 11.8 Å². The molecule has 1 aromatic heterocycles. The molecular formula is C13H14N4O2. The number of aryl methyl sites for hydroxylation is 1. The van der Waals surface area contributed by atoms with Crippen LogP contribution in [-0.4, -0.2) is 16.2 Å². The number of aromatic amines is 1. The van der Waals surface area contributed by atoms with Gasteiger partial charge in [0.15, 0.2) is 5.82 Å². The highest BCUT2D eigenvalue weighted by atomic mass is 16.2. The third-order valence-corrected chi connectivity index (χ3v) is 2.49. The van der Waals surface area contributed by atoms with Gasteiger partial charge in [-0.2, -0.15) is 5.10 Å². The highest BCUT2D eigenvalue weighted by Crippen LogP contribution is 2.02. The van der Waals surface area contributed by atoms with E-state index < -0.39 is 0 Å². The standard InChI is InChI=1S/C13H14N4O2/c1-9-2-4-10(5-3-9)8-14-13(19)15-11-6-7-12(18)17-16-11/h2-7H,8H2,1H3,(H,17,18)(H2,14,15,16,19). The first-order valence-electron chi connectivity index (χ1n) is 5.79. The fraction of sp³-hybridized carbons (Fsp3) is 0.154. The molecule has 0 fully saturated rings. The van der Waals surface area contributed by atoms with E-state index in [9.17, 15) is 9.59 Å². The van der Waals surface area contributed by atoms with Crippen LogP contribution >= 0.6 is 0 Å². The Morgan fingerprint density at radius 3 is 2.58 bits per heavy atom. The molecule has 0 saturated heterocycles. The molecule has 2 aromatic rings. The number of nitrogens with one attached hydrogen (secondary N) is 3. The second kappa shape index (κ2) is 5.81. The van der Waals surface area contributed by atoms with E-state index in [-0.39, 0.29) is 11.6 Å². The first-order chi connectivity index (χ1) is 9.13. The van der Waals surface area contributed by atoms with Crippen LogP contribution in [0.15, 0.2) is 41.2 Å². The van der Waals surface area contributed by atoms with E-state index in [0.29, 0.717) is 12.4 Å². The Morgan fingerprint density at radius 2 is 1.95 bits per heavy atom. The van der Waals surface area contributed by atoms with Crippen molar-refractivity contribution < 1.29 is 4.79 Å². The highest BCUT2D eigenvalue weighted by Gasteiger charge is 2.02. The minimum atomic E-state index is -0.375. The van der Waals surface area contributed by atoms with Gasteiger partial charge in [-0.05, 0) is 18.6 Å². The summed E-state index contributed by atoms with van der Waals surface area (Å²) in [7, 11) is 0. The molecule has 0 saturated carbocycles. The molecule has 6 nitrogen and oxygen atoms in total. The number of urea groups is 1. The predicted molar refractivity (Wildman–Crippen MR) is 71.9 cm³/mol. The topological polar surface area (TPSA) is 86.9 Å². The molecule has 6 heteroatoms. The first-order valence-corrected chi connectivity index (χ1v) is 5.79. The number of H-pyrrole nitrogens is 1. The van der Waals surface area contributed by atoms with E-state index in [0.717, 1.165) is 5.56 Å². The van der Waals surface area contributed by atoms with Crippen molar-refractivity contribution in [3.63, 3.8) is 0 Å². The van der Waals surface area contributed by atoms with Gasteiger partial charge >= 0.3 is 6.03 Å². The molecule has 98 valence electrons. The average molecular weight is 258 g/mol. The van der Waals surface area contributed by atoms with E-state index in [1.807, 2.05) is 31.2 Å². The van der Waals surface area contributed by atoms with Gasteiger partial charge in [0.2, 0.25) is 0 Å². The fourth-order valence-corrected chi connectivity index (χ4v) is 1.46. The van der Waals surface area contributed by atoms with Crippen LogP contribution in [0.5, 0.6) is 0 Å². The van der Waals surface area contributed by atoms with Gasteiger partial charge in [-0.3, -0.25) is 10.1 Å². The first kappa shape index (κ1) is 12.8. The van der Waals surface area contributed by atoms with Crippen LogP contribution in [-0.2, 0) is 6.54 Å². The number of hydrogen-bond acceptors (Lipinski definition) is 3. The number of anilines is 1. The van der Waals surface area contributed by atoms with Crippen LogP contribution in [0, 0.1) is 6.92 Å². The lowest BCUT2D eigenvalue weighted by Gasteiger charge is -2.06. The molecule has 3 N–H and O–H groups in total. The summed E-state index contributed by atoms with van der Waals surface area (Å²) in [5, 5.41) is 11.1. The molecule has 0 bridgehead atoms. The Hall–Kier alpha value is -2.63. The molecule has 2 amide bonds. The molecule has 0 unspecified atom stereocenters. The van der Waals surface area contributed by atoms with Gasteiger partial charge in [-0.1, -0.05) is 29.8 Å². The molecule has 0 aliphatic carbocycles. The molecule has 0 atom stereocenters. The molecule has 19 heavy (non-hydrogen) atoms. The van der Waals surface area contributed by atoms with Gasteiger partial charge in [0, 0.05) is 12.6 Å². The van der Waals surface area contributed by atoms with E-state index in [1.54, 1.807) is 0 Å². The van der Waals surface area contributed by atoms with Gasteiger partial charge in [-0.15, -0.1) is 0 Å². The minimum absolute atomic E-state index is 0.293. The smallest absolute Gasteiger partial charge is 0.320 e. The second-order valence-corrected chi connectivity index (χ2v) is 4.10. The maximum absolute atomic E-state index is 11.6. The van der Waals surface area contributed by atoms with Crippen LogP contribution in [0.1, 0.15) is 11.1 Å². The number of nitrogens with zero attached hydrogens (tertiary/aromatic N) is 1. The summed E-state index contributed by atoms with van der Waals surface area (Å²) in [5.74, 6) is 0.293. The number of benzene rings is 1. The molecule has 2 rings (SSSR count). The van der Waals surface area contributed by atoms with Crippen molar-refractivity contribution in [1.29, 1.82) is 0 Å². The lowest BCUT2D eigenvalue weighted by atomic mass is 10.1. The molecule has 0 aliphatic heterocycles. The van der Waals surface area contributed by atoms with Gasteiger partial charge in [-0.25, -0.2) is 9.89 Å². The van der Waals surface area contributed by atoms with E-state index >= 15 is 0 Å². The summed E-state index contributed by atoms with van der Waals surface area (Å²) in [6.45, 7) is 2.43. The largest absolute Gasteiger partial charge is 0.334 e. The summed E-state index contributed by atoms with van der Waals surface area (Å²) in [6, 6.07) is 10.2. The molecule has 1 aromatic carbocycles. The van der Waals surface area contributed by atoms with Crippen molar-refractivity contribution in [2.75, 3.05) is 5.32 Å². The van der Waals surface area contributed by atoms with Crippen LogP contribution in [0.25, 0.3) is 0 Å². The molecule has 0 radical (unpaired) electrons. The third-order valence-electron chi connectivity index (χ3n) is 2.49. The summed E-state index contributed by atoms with van der Waals surface area (Å²) in [5.41, 5.74) is 1.87. The number of carbonyl (C=O) groups is 1. The molecule has 0 aliphatic rings. The van der Waals surface area contributed by atoms with Crippen LogP contribution in [0.3, 0.4) is 0 Å². The zero-order chi connectivity index (χ0) is 13.7. The van der Waals surface area contributed by atoms with Gasteiger partial charge in [0.05, 0.1) is 0 Å². The number of rotatable bonds is 3. The number of carbonyl (C=O) groups excluding carboxylic acids is 1. The Morgan fingerprint density at radius 1 is 1.21 bits per heavy atom. The lowest BCUT2D eigenvalue weighted by Crippen LogP contribution is -2.29. The lowest BCUT2D eigenvalue weighted by molar-refractivity contribution is 0.251. The Labute approximate surface area is 109 Å². The molecule has 0 spiro atoms. The summed E-state index contributed by atoms with van der Waals surface area (Å²) >= 11 is 0. The van der Waals surface area contributed by atoms with Crippen molar-refractivity contribution in [2.24, 2.45) is 0 Å². The van der Waals surface area contributed by atoms with Crippen LogP contribution in [0.4, 0.5) is 10.6 Å². The van der Waals surface area contributed by atoms with E-state index in [1.165, 1.54) is 17.7 Å².